The van der Waals surface area contributed by atoms with Crippen LogP contribution in [0.25, 0.3) is 0 Å². The standard InChI is InChI=1S/C15H11Cl2N3O3/c1-9-3-2-4-10(5-9)15(21)19-18-8-11-6-14(20(22)23)13(17)7-12(11)16/h2-8H,1H3,(H,19,21)/b18-8+. The lowest BCUT2D eigenvalue weighted by molar-refractivity contribution is -0.384. The number of carbonyl (C=O) groups excluding carboxylic acids is 1. The van der Waals surface area contributed by atoms with E-state index in [4.69, 9.17) is 23.2 Å². The van der Waals surface area contributed by atoms with E-state index in [2.05, 4.69) is 10.5 Å². The van der Waals surface area contributed by atoms with Crippen LogP contribution in [0.3, 0.4) is 0 Å². The molecule has 1 amide bonds. The minimum Gasteiger partial charge on any atom is -0.267 e. The van der Waals surface area contributed by atoms with E-state index in [0.29, 0.717) is 5.56 Å². The number of carbonyl (C=O) groups is 1. The summed E-state index contributed by atoms with van der Waals surface area (Å²) in [4.78, 5) is 22.1. The number of hydrogen-bond donors (Lipinski definition) is 1. The summed E-state index contributed by atoms with van der Waals surface area (Å²) in [5.74, 6) is -0.399. The van der Waals surface area contributed by atoms with Crippen LogP contribution in [-0.2, 0) is 0 Å². The number of amides is 1. The Morgan fingerprint density at radius 1 is 1.26 bits per heavy atom. The summed E-state index contributed by atoms with van der Waals surface area (Å²) in [7, 11) is 0. The first-order chi connectivity index (χ1) is 10.9. The summed E-state index contributed by atoms with van der Waals surface area (Å²) in [5, 5.41) is 14.7. The number of rotatable bonds is 4. The van der Waals surface area contributed by atoms with Gasteiger partial charge in [-0.05, 0) is 25.1 Å². The minimum atomic E-state index is -0.624. The van der Waals surface area contributed by atoms with Gasteiger partial charge in [-0.3, -0.25) is 14.9 Å². The van der Waals surface area contributed by atoms with Gasteiger partial charge in [-0.1, -0.05) is 40.9 Å². The van der Waals surface area contributed by atoms with Crippen molar-refractivity contribution in [3.8, 4) is 0 Å². The van der Waals surface area contributed by atoms with E-state index >= 15 is 0 Å². The molecule has 0 radical (unpaired) electrons. The Labute approximate surface area is 141 Å². The van der Waals surface area contributed by atoms with Crippen LogP contribution in [-0.4, -0.2) is 17.0 Å². The Hall–Kier alpha value is -2.44. The molecule has 2 rings (SSSR count). The van der Waals surface area contributed by atoms with Crippen LogP contribution < -0.4 is 5.43 Å². The maximum Gasteiger partial charge on any atom is 0.288 e. The third-order valence-corrected chi connectivity index (χ3v) is 3.54. The lowest BCUT2D eigenvalue weighted by Crippen LogP contribution is -2.17. The lowest BCUT2D eigenvalue weighted by Gasteiger charge is -2.02. The largest absolute Gasteiger partial charge is 0.288 e. The van der Waals surface area contributed by atoms with Crippen LogP contribution in [0.4, 0.5) is 5.69 Å². The Morgan fingerprint density at radius 3 is 2.65 bits per heavy atom. The van der Waals surface area contributed by atoms with Crippen molar-refractivity contribution in [2.75, 3.05) is 0 Å². The highest BCUT2D eigenvalue weighted by atomic mass is 35.5. The van der Waals surface area contributed by atoms with Gasteiger partial charge in [0.15, 0.2) is 0 Å². The molecule has 0 atom stereocenters. The molecule has 0 aliphatic rings. The molecule has 118 valence electrons. The fourth-order valence-electron chi connectivity index (χ4n) is 1.80. The predicted molar refractivity (Wildman–Crippen MR) is 89.4 cm³/mol. The minimum absolute atomic E-state index is 0.0686. The predicted octanol–water partition coefficient (Wildman–Crippen LogP) is 3.97. The summed E-state index contributed by atoms with van der Waals surface area (Å²) in [6.45, 7) is 1.87. The van der Waals surface area contributed by atoms with Gasteiger partial charge in [0.25, 0.3) is 11.6 Å². The molecule has 1 N–H and O–H groups in total. The maximum atomic E-state index is 11.9. The molecular formula is C15H11Cl2N3O3. The van der Waals surface area contributed by atoms with Crippen molar-refractivity contribution in [1.82, 2.24) is 5.43 Å². The van der Waals surface area contributed by atoms with E-state index in [1.165, 1.54) is 18.3 Å². The van der Waals surface area contributed by atoms with Gasteiger partial charge in [-0.2, -0.15) is 5.10 Å². The number of halogens is 2. The maximum absolute atomic E-state index is 11.9. The van der Waals surface area contributed by atoms with Crippen molar-refractivity contribution >= 4 is 41.0 Å². The van der Waals surface area contributed by atoms with Gasteiger partial charge in [0.1, 0.15) is 5.02 Å². The fraction of sp³-hybridized carbons (Fsp3) is 0.0667. The zero-order valence-corrected chi connectivity index (χ0v) is 13.4. The van der Waals surface area contributed by atoms with Crippen LogP contribution >= 0.6 is 23.2 Å². The zero-order chi connectivity index (χ0) is 17.0. The average molecular weight is 352 g/mol. The first-order valence-electron chi connectivity index (χ1n) is 6.42. The summed E-state index contributed by atoms with van der Waals surface area (Å²) >= 11 is 11.7. The second-order valence-electron chi connectivity index (χ2n) is 4.65. The smallest absolute Gasteiger partial charge is 0.267 e. The number of nitro benzene ring substituents is 1. The number of nitro groups is 1. The van der Waals surface area contributed by atoms with Crippen molar-refractivity contribution in [2.45, 2.75) is 6.92 Å². The van der Waals surface area contributed by atoms with Crippen molar-refractivity contribution in [2.24, 2.45) is 5.10 Å². The molecule has 0 saturated carbocycles. The highest BCUT2D eigenvalue weighted by Gasteiger charge is 2.15. The number of nitrogens with one attached hydrogen (secondary N) is 1. The van der Waals surface area contributed by atoms with Crippen molar-refractivity contribution in [1.29, 1.82) is 0 Å². The first-order valence-corrected chi connectivity index (χ1v) is 7.17. The molecule has 0 spiro atoms. The fourth-order valence-corrected chi connectivity index (χ4v) is 2.30. The number of benzene rings is 2. The molecule has 2 aromatic rings. The van der Waals surface area contributed by atoms with E-state index in [1.807, 2.05) is 13.0 Å². The third-order valence-electron chi connectivity index (χ3n) is 2.91. The second kappa shape index (κ2) is 7.21. The summed E-state index contributed by atoms with van der Waals surface area (Å²) in [5.41, 5.74) is 3.71. The van der Waals surface area contributed by atoms with Gasteiger partial charge in [-0.25, -0.2) is 5.43 Å². The Kier molecular flexibility index (Phi) is 5.31. The SMILES string of the molecule is Cc1cccc(C(=O)N/N=C/c2cc([N+](=O)[O-])c(Cl)cc2Cl)c1. The van der Waals surface area contributed by atoms with E-state index < -0.39 is 10.8 Å². The number of hydrogen-bond acceptors (Lipinski definition) is 4. The lowest BCUT2D eigenvalue weighted by atomic mass is 10.1. The van der Waals surface area contributed by atoms with Crippen LogP contribution in [0.5, 0.6) is 0 Å². The van der Waals surface area contributed by atoms with E-state index in [0.717, 1.165) is 5.56 Å². The zero-order valence-electron chi connectivity index (χ0n) is 11.9. The molecular weight excluding hydrogens is 341 g/mol. The topological polar surface area (TPSA) is 84.6 Å². The van der Waals surface area contributed by atoms with Gasteiger partial charge >= 0.3 is 0 Å². The molecule has 8 heteroatoms. The molecule has 0 fully saturated rings. The van der Waals surface area contributed by atoms with Crippen LogP contribution in [0.1, 0.15) is 21.5 Å². The van der Waals surface area contributed by atoms with Crippen LogP contribution in [0, 0.1) is 17.0 Å². The molecule has 0 aliphatic heterocycles. The molecule has 0 bridgehead atoms. The van der Waals surface area contributed by atoms with Gasteiger partial charge in [0.2, 0.25) is 0 Å². The van der Waals surface area contributed by atoms with Crippen molar-refractivity contribution in [3.63, 3.8) is 0 Å². The number of nitrogens with zero attached hydrogens (tertiary/aromatic N) is 2. The second-order valence-corrected chi connectivity index (χ2v) is 5.47. The van der Waals surface area contributed by atoms with Gasteiger partial charge < -0.3 is 0 Å². The quantitative estimate of drug-likeness (QED) is 0.513. The van der Waals surface area contributed by atoms with Gasteiger partial charge in [0, 0.05) is 17.2 Å². The van der Waals surface area contributed by atoms with E-state index in [1.54, 1.807) is 18.2 Å². The van der Waals surface area contributed by atoms with Crippen LogP contribution in [0.15, 0.2) is 41.5 Å². The van der Waals surface area contributed by atoms with E-state index in [9.17, 15) is 14.9 Å². The third kappa shape index (κ3) is 4.28. The normalized spacial score (nSPS) is 10.7. The molecule has 23 heavy (non-hydrogen) atoms. The molecule has 0 aliphatic carbocycles. The summed E-state index contributed by atoms with van der Waals surface area (Å²) in [6, 6.07) is 9.43. The molecule has 0 unspecified atom stereocenters. The van der Waals surface area contributed by atoms with Crippen LogP contribution in [0.2, 0.25) is 10.0 Å². The Bertz CT molecular complexity index is 807. The highest BCUT2D eigenvalue weighted by molar-refractivity contribution is 6.37. The van der Waals surface area contributed by atoms with Crippen molar-refractivity contribution in [3.05, 3.63) is 73.2 Å². The van der Waals surface area contributed by atoms with Gasteiger partial charge in [-0.15, -0.1) is 0 Å². The molecule has 0 heterocycles. The number of hydrazone groups is 1. The molecule has 6 nitrogen and oxygen atoms in total. The van der Waals surface area contributed by atoms with Crippen molar-refractivity contribution < 1.29 is 9.72 Å². The first kappa shape index (κ1) is 16.9. The Morgan fingerprint density at radius 2 is 2.00 bits per heavy atom. The highest BCUT2D eigenvalue weighted by Crippen LogP contribution is 2.29. The molecule has 0 saturated heterocycles. The Balaban J connectivity index is 2.16. The molecule has 2 aromatic carbocycles. The monoisotopic (exact) mass is 351 g/mol. The number of aryl methyl sites for hydroxylation is 1. The summed E-state index contributed by atoms with van der Waals surface area (Å²) in [6.07, 6.45) is 1.22. The summed E-state index contributed by atoms with van der Waals surface area (Å²) < 4.78 is 0. The average Bonchev–Trinajstić information content (AvgIpc) is 2.48. The van der Waals surface area contributed by atoms with E-state index in [-0.39, 0.29) is 21.3 Å². The molecule has 0 aromatic heterocycles. The van der Waals surface area contributed by atoms with Gasteiger partial charge in [0.05, 0.1) is 16.2 Å².